The first-order chi connectivity index (χ1) is 13.0. The van der Waals surface area contributed by atoms with Gasteiger partial charge in [-0.2, -0.15) is 0 Å². The maximum atomic E-state index is 12.3. The van der Waals surface area contributed by atoms with E-state index in [-0.39, 0.29) is 18.3 Å². The standard InChI is InChI=1S/C19H20ClNO6/c1-2-25-17-10-13(6-7-16(17)27-12-18(22)23)19(24)21-8-9-26-15-5-3-4-14(20)11-15/h3-7,10-11H,2,8-9,12H2,1H3,(H,21,24)(H,22,23). The summed E-state index contributed by atoms with van der Waals surface area (Å²) >= 11 is 5.88. The molecule has 7 nitrogen and oxygen atoms in total. The molecule has 0 saturated heterocycles. The summed E-state index contributed by atoms with van der Waals surface area (Å²) in [6.45, 7) is 2.21. The van der Waals surface area contributed by atoms with E-state index in [9.17, 15) is 9.59 Å². The fourth-order valence-corrected chi connectivity index (χ4v) is 2.35. The number of hydrogen-bond donors (Lipinski definition) is 2. The largest absolute Gasteiger partial charge is 0.492 e. The number of hydrogen-bond acceptors (Lipinski definition) is 5. The van der Waals surface area contributed by atoms with Gasteiger partial charge in [-0.25, -0.2) is 4.79 Å². The molecular weight excluding hydrogens is 374 g/mol. The third-order valence-electron chi connectivity index (χ3n) is 3.31. The van der Waals surface area contributed by atoms with E-state index in [0.29, 0.717) is 35.2 Å². The van der Waals surface area contributed by atoms with Crippen LogP contribution in [-0.2, 0) is 4.79 Å². The first kappa shape index (κ1) is 20.4. The average Bonchev–Trinajstić information content (AvgIpc) is 2.64. The van der Waals surface area contributed by atoms with Crippen molar-refractivity contribution in [3.05, 3.63) is 53.1 Å². The van der Waals surface area contributed by atoms with Crippen molar-refractivity contribution in [3.8, 4) is 17.2 Å². The number of carbonyl (C=O) groups is 2. The number of aliphatic carboxylic acids is 1. The first-order valence-electron chi connectivity index (χ1n) is 8.27. The van der Waals surface area contributed by atoms with Crippen LogP contribution >= 0.6 is 11.6 Å². The van der Waals surface area contributed by atoms with Crippen LogP contribution in [0.2, 0.25) is 5.02 Å². The van der Waals surface area contributed by atoms with E-state index in [1.54, 1.807) is 31.2 Å². The summed E-state index contributed by atoms with van der Waals surface area (Å²) in [7, 11) is 0. The number of nitrogens with one attached hydrogen (secondary N) is 1. The molecule has 2 aromatic rings. The predicted molar refractivity (Wildman–Crippen MR) is 100 cm³/mol. The SMILES string of the molecule is CCOc1cc(C(=O)NCCOc2cccc(Cl)c2)ccc1OCC(=O)O. The minimum Gasteiger partial charge on any atom is -0.492 e. The van der Waals surface area contributed by atoms with Crippen LogP contribution in [0.4, 0.5) is 0 Å². The Morgan fingerprint density at radius 3 is 2.59 bits per heavy atom. The summed E-state index contributed by atoms with van der Waals surface area (Å²) in [4.78, 5) is 22.9. The third-order valence-corrected chi connectivity index (χ3v) is 3.54. The monoisotopic (exact) mass is 393 g/mol. The number of amides is 1. The summed E-state index contributed by atoms with van der Waals surface area (Å²) < 4.78 is 16.1. The van der Waals surface area contributed by atoms with Crippen LogP contribution < -0.4 is 19.5 Å². The molecule has 0 aliphatic carbocycles. The van der Waals surface area contributed by atoms with Gasteiger partial charge in [-0.05, 0) is 43.3 Å². The Morgan fingerprint density at radius 1 is 1.07 bits per heavy atom. The number of halogens is 1. The lowest BCUT2D eigenvalue weighted by molar-refractivity contribution is -0.139. The first-order valence-corrected chi connectivity index (χ1v) is 8.65. The highest BCUT2D eigenvalue weighted by atomic mass is 35.5. The van der Waals surface area contributed by atoms with Gasteiger partial charge < -0.3 is 24.6 Å². The number of ether oxygens (including phenoxy) is 3. The molecule has 2 aromatic carbocycles. The van der Waals surface area contributed by atoms with E-state index < -0.39 is 12.6 Å². The molecule has 0 aromatic heterocycles. The molecule has 0 fully saturated rings. The van der Waals surface area contributed by atoms with Gasteiger partial charge in [0, 0.05) is 10.6 Å². The number of carbonyl (C=O) groups excluding carboxylic acids is 1. The van der Waals surface area contributed by atoms with Gasteiger partial charge >= 0.3 is 5.97 Å². The minimum absolute atomic E-state index is 0.264. The maximum Gasteiger partial charge on any atom is 0.341 e. The molecule has 27 heavy (non-hydrogen) atoms. The van der Waals surface area contributed by atoms with E-state index >= 15 is 0 Å². The number of rotatable bonds is 10. The molecule has 8 heteroatoms. The van der Waals surface area contributed by atoms with Gasteiger partial charge in [0.1, 0.15) is 12.4 Å². The zero-order valence-corrected chi connectivity index (χ0v) is 15.5. The molecule has 0 unspecified atom stereocenters. The van der Waals surface area contributed by atoms with Crippen LogP contribution in [0.25, 0.3) is 0 Å². The fourth-order valence-electron chi connectivity index (χ4n) is 2.17. The Labute approximate surface area is 161 Å². The van der Waals surface area contributed by atoms with E-state index in [2.05, 4.69) is 5.32 Å². The van der Waals surface area contributed by atoms with Gasteiger partial charge in [0.2, 0.25) is 0 Å². The quantitative estimate of drug-likeness (QED) is 0.602. The van der Waals surface area contributed by atoms with Crippen LogP contribution in [-0.4, -0.2) is 43.3 Å². The Hall–Kier alpha value is -2.93. The Kier molecular flexibility index (Phi) is 7.76. The van der Waals surface area contributed by atoms with Crippen molar-refractivity contribution < 1.29 is 28.9 Å². The second-order valence-electron chi connectivity index (χ2n) is 5.34. The zero-order chi connectivity index (χ0) is 19.6. The summed E-state index contributed by atoms with van der Waals surface area (Å²) in [6.07, 6.45) is 0. The van der Waals surface area contributed by atoms with Crippen molar-refractivity contribution in [2.45, 2.75) is 6.92 Å². The summed E-state index contributed by atoms with van der Waals surface area (Å²) in [5.74, 6) is -0.216. The predicted octanol–water partition coefficient (Wildman–Crippen LogP) is 3.01. The summed E-state index contributed by atoms with van der Waals surface area (Å²) in [6, 6.07) is 11.5. The van der Waals surface area contributed by atoms with E-state index in [4.69, 9.17) is 30.9 Å². The molecule has 0 heterocycles. The molecule has 0 aliphatic heterocycles. The highest BCUT2D eigenvalue weighted by molar-refractivity contribution is 6.30. The number of carboxylic acids is 1. The number of carboxylic acid groups (broad SMARTS) is 1. The lowest BCUT2D eigenvalue weighted by Gasteiger charge is -2.12. The molecule has 2 N–H and O–H groups in total. The zero-order valence-electron chi connectivity index (χ0n) is 14.7. The Morgan fingerprint density at radius 2 is 1.89 bits per heavy atom. The highest BCUT2D eigenvalue weighted by Gasteiger charge is 2.12. The van der Waals surface area contributed by atoms with Crippen LogP contribution in [0.3, 0.4) is 0 Å². The molecule has 0 spiro atoms. The normalized spacial score (nSPS) is 10.1. The average molecular weight is 394 g/mol. The Bertz CT molecular complexity index is 796. The van der Waals surface area contributed by atoms with Crippen molar-refractivity contribution in [3.63, 3.8) is 0 Å². The van der Waals surface area contributed by atoms with Crippen LogP contribution in [0.1, 0.15) is 17.3 Å². The lowest BCUT2D eigenvalue weighted by Crippen LogP contribution is -2.28. The van der Waals surface area contributed by atoms with Gasteiger partial charge in [0.15, 0.2) is 18.1 Å². The lowest BCUT2D eigenvalue weighted by atomic mass is 10.2. The van der Waals surface area contributed by atoms with Crippen LogP contribution in [0, 0.1) is 0 Å². The summed E-state index contributed by atoms with van der Waals surface area (Å²) in [5, 5.41) is 12.0. The van der Waals surface area contributed by atoms with Crippen molar-refractivity contribution >= 4 is 23.5 Å². The van der Waals surface area contributed by atoms with Crippen molar-refractivity contribution in [1.29, 1.82) is 0 Å². The fraction of sp³-hybridized carbons (Fsp3) is 0.263. The smallest absolute Gasteiger partial charge is 0.341 e. The molecule has 0 aliphatic rings. The molecule has 144 valence electrons. The van der Waals surface area contributed by atoms with Crippen molar-refractivity contribution in [2.75, 3.05) is 26.4 Å². The van der Waals surface area contributed by atoms with Crippen LogP contribution in [0.5, 0.6) is 17.2 Å². The van der Waals surface area contributed by atoms with Crippen LogP contribution in [0.15, 0.2) is 42.5 Å². The summed E-state index contributed by atoms with van der Waals surface area (Å²) in [5.41, 5.74) is 0.365. The molecular formula is C19H20ClNO6. The van der Waals surface area contributed by atoms with Crippen molar-refractivity contribution in [1.82, 2.24) is 5.32 Å². The Balaban J connectivity index is 1.90. The third kappa shape index (κ3) is 6.71. The van der Waals surface area contributed by atoms with E-state index in [1.807, 2.05) is 0 Å². The second kappa shape index (κ2) is 10.3. The minimum atomic E-state index is -1.10. The molecule has 0 radical (unpaired) electrons. The van der Waals surface area contributed by atoms with E-state index in [0.717, 1.165) is 0 Å². The van der Waals surface area contributed by atoms with E-state index in [1.165, 1.54) is 18.2 Å². The molecule has 0 atom stereocenters. The van der Waals surface area contributed by atoms with Gasteiger partial charge in [0.05, 0.1) is 13.2 Å². The topological polar surface area (TPSA) is 94.1 Å². The molecule has 0 saturated carbocycles. The molecule has 1 amide bonds. The van der Waals surface area contributed by atoms with Gasteiger partial charge in [-0.1, -0.05) is 17.7 Å². The van der Waals surface area contributed by atoms with Gasteiger partial charge in [-0.15, -0.1) is 0 Å². The number of benzene rings is 2. The van der Waals surface area contributed by atoms with Gasteiger partial charge in [-0.3, -0.25) is 4.79 Å². The van der Waals surface area contributed by atoms with Crippen molar-refractivity contribution in [2.24, 2.45) is 0 Å². The molecule has 2 rings (SSSR count). The second-order valence-corrected chi connectivity index (χ2v) is 5.78. The molecule has 0 bridgehead atoms. The van der Waals surface area contributed by atoms with Gasteiger partial charge in [0.25, 0.3) is 5.91 Å². The highest BCUT2D eigenvalue weighted by Crippen LogP contribution is 2.28. The maximum absolute atomic E-state index is 12.3.